The molecule has 0 aliphatic carbocycles. The van der Waals surface area contributed by atoms with Gasteiger partial charge in [-0.05, 0) is 0 Å². The zero-order valence-electron chi connectivity index (χ0n) is 9.62. The topological polar surface area (TPSA) is 149 Å². The van der Waals surface area contributed by atoms with Crippen LogP contribution < -0.4 is 5.73 Å². The first-order valence-electron chi connectivity index (χ1n) is 5.07. The molecule has 2 rings (SSSR count). The van der Waals surface area contributed by atoms with Gasteiger partial charge in [-0.2, -0.15) is 0 Å². The van der Waals surface area contributed by atoms with E-state index in [1.54, 1.807) is 4.57 Å². The fraction of sp³-hybridized carbons (Fsp3) is 0.250. The normalized spacial score (nSPS) is 12.3. The molecule has 4 N–H and O–H groups in total. The largest absolute Gasteiger partial charge is 0.383 e. The molecule has 0 aliphatic rings. The highest BCUT2D eigenvalue weighted by Gasteiger charge is 2.12. The van der Waals surface area contributed by atoms with Crippen LogP contribution in [0, 0.1) is 0 Å². The maximum atomic E-state index is 10.5. The zero-order valence-corrected chi connectivity index (χ0v) is 10.5. The smallest absolute Gasteiger partial charge is 0.365 e. The van der Waals surface area contributed by atoms with Crippen molar-refractivity contribution in [1.82, 2.24) is 19.5 Å². The summed E-state index contributed by atoms with van der Waals surface area (Å²) >= 11 is 0. The third-order valence-electron chi connectivity index (χ3n) is 2.08. The fourth-order valence-corrected chi connectivity index (χ4v) is 1.53. The van der Waals surface area contributed by atoms with Gasteiger partial charge in [0, 0.05) is 0 Å². The standard InChI is InChI=1S/C8H11N6O4P/c9-7-6-8(11-3-10-7)14(4-12-6)2-1-13-18-5-19(15,16)17/h1,3-4H,2,5H2,(H2,9,10,11)(H2,15,16,17)/b13-1+. The van der Waals surface area contributed by atoms with Crippen molar-refractivity contribution in [2.45, 2.75) is 6.54 Å². The van der Waals surface area contributed by atoms with Gasteiger partial charge >= 0.3 is 7.60 Å². The van der Waals surface area contributed by atoms with E-state index >= 15 is 0 Å². The number of rotatable bonds is 5. The fourth-order valence-electron chi connectivity index (χ4n) is 1.31. The van der Waals surface area contributed by atoms with E-state index in [1.165, 1.54) is 18.9 Å². The number of imidazole rings is 1. The third kappa shape index (κ3) is 3.47. The van der Waals surface area contributed by atoms with Crippen LogP contribution in [-0.4, -0.2) is 41.9 Å². The molecule has 0 amide bonds. The SMILES string of the molecule is Nc1ncnc2c1ncn2C/C=N/OCP(=O)(O)O. The second-order valence-electron chi connectivity index (χ2n) is 3.54. The molecule has 0 atom stereocenters. The summed E-state index contributed by atoms with van der Waals surface area (Å²) in [6.07, 6.45) is 3.39. The molecule has 19 heavy (non-hydrogen) atoms. The van der Waals surface area contributed by atoms with Crippen LogP contribution in [0.1, 0.15) is 0 Å². The van der Waals surface area contributed by atoms with Crippen LogP contribution in [0.3, 0.4) is 0 Å². The Bertz CT molecular complexity index is 650. The predicted octanol–water partition coefficient (Wildman–Crippen LogP) is -0.454. The Morgan fingerprint density at radius 3 is 3.00 bits per heavy atom. The summed E-state index contributed by atoms with van der Waals surface area (Å²) in [5.74, 6) is 0.276. The van der Waals surface area contributed by atoms with E-state index in [0.29, 0.717) is 11.2 Å². The number of fused-ring (bicyclic) bond motifs is 1. The average molecular weight is 286 g/mol. The molecule has 10 nitrogen and oxygen atoms in total. The van der Waals surface area contributed by atoms with Crippen molar-refractivity contribution in [2.75, 3.05) is 12.1 Å². The molecule has 0 radical (unpaired) electrons. The van der Waals surface area contributed by atoms with Gasteiger partial charge in [0.25, 0.3) is 0 Å². The summed E-state index contributed by atoms with van der Waals surface area (Å²) in [4.78, 5) is 33.4. The molecule has 0 aliphatic heterocycles. The second-order valence-corrected chi connectivity index (χ2v) is 5.13. The van der Waals surface area contributed by atoms with Gasteiger partial charge in [-0.1, -0.05) is 5.16 Å². The number of nitrogens with two attached hydrogens (primary N) is 1. The highest BCUT2D eigenvalue weighted by molar-refractivity contribution is 7.51. The minimum absolute atomic E-state index is 0.272. The number of nitrogen functional groups attached to an aromatic ring is 1. The van der Waals surface area contributed by atoms with E-state index in [-0.39, 0.29) is 12.4 Å². The van der Waals surface area contributed by atoms with Gasteiger partial charge < -0.3 is 24.9 Å². The molecule has 0 saturated carbocycles. The molecule has 2 heterocycles. The molecule has 0 aromatic carbocycles. The molecular formula is C8H11N6O4P. The van der Waals surface area contributed by atoms with Crippen molar-refractivity contribution in [2.24, 2.45) is 5.16 Å². The van der Waals surface area contributed by atoms with Crippen molar-refractivity contribution in [3.05, 3.63) is 12.7 Å². The molecule has 102 valence electrons. The quantitative estimate of drug-likeness (QED) is 0.380. The summed E-state index contributed by atoms with van der Waals surface area (Å²) in [5, 5.41) is 3.42. The van der Waals surface area contributed by atoms with Gasteiger partial charge in [0.2, 0.25) is 6.35 Å². The summed E-state index contributed by atoms with van der Waals surface area (Å²) < 4.78 is 12.1. The van der Waals surface area contributed by atoms with Crippen molar-refractivity contribution in [1.29, 1.82) is 0 Å². The molecule has 2 aromatic rings. The molecule has 0 fully saturated rings. The Morgan fingerprint density at radius 2 is 2.26 bits per heavy atom. The molecule has 2 aromatic heterocycles. The number of hydrogen-bond acceptors (Lipinski definition) is 7. The van der Waals surface area contributed by atoms with Gasteiger partial charge in [0.15, 0.2) is 11.5 Å². The van der Waals surface area contributed by atoms with Gasteiger partial charge in [-0.3, -0.25) is 4.57 Å². The van der Waals surface area contributed by atoms with Crippen LogP contribution in [0.2, 0.25) is 0 Å². The summed E-state index contributed by atoms with van der Waals surface area (Å²) in [5.41, 5.74) is 6.64. The van der Waals surface area contributed by atoms with Crippen LogP contribution in [0.25, 0.3) is 11.2 Å². The van der Waals surface area contributed by atoms with Crippen LogP contribution in [-0.2, 0) is 15.9 Å². The van der Waals surface area contributed by atoms with E-state index in [9.17, 15) is 4.57 Å². The second kappa shape index (κ2) is 5.31. The Hall–Kier alpha value is -2.03. The van der Waals surface area contributed by atoms with E-state index in [4.69, 9.17) is 15.5 Å². The lowest BCUT2D eigenvalue weighted by atomic mass is 10.5. The Labute approximate surface area is 107 Å². The Balaban J connectivity index is 2.01. The van der Waals surface area contributed by atoms with Crippen LogP contribution >= 0.6 is 7.60 Å². The van der Waals surface area contributed by atoms with Crippen molar-refractivity contribution >= 4 is 30.8 Å². The molecule has 0 spiro atoms. The third-order valence-corrected chi connectivity index (χ3v) is 2.53. The molecule has 11 heteroatoms. The van der Waals surface area contributed by atoms with Gasteiger partial charge in [-0.15, -0.1) is 0 Å². The number of hydrogen-bond donors (Lipinski definition) is 3. The summed E-state index contributed by atoms with van der Waals surface area (Å²) in [7, 11) is -4.20. The minimum Gasteiger partial charge on any atom is -0.383 e. The Morgan fingerprint density at radius 1 is 1.47 bits per heavy atom. The van der Waals surface area contributed by atoms with Crippen LogP contribution in [0.15, 0.2) is 17.8 Å². The first-order valence-corrected chi connectivity index (χ1v) is 6.87. The molecule has 0 bridgehead atoms. The number of aromatic nitrogens is 4. The van der Waals surface area contributed by atoms with E-state index in [0.717, 1.165) is 0 Å². The number of nitrogens with zero attached hydrogens (tertiary/aromatic N) is 5. The highest BCUT2D eigenvalue weighted by atomic mass is 31.2. The Kier molecular flexibility index (Phi) is 3.74. The number of anilines is 1. The predicted molar refractivity (Wildman–Crippen MR) is 66.2 cm³/mol. The highest BCUT2D eigenvalue weighted by Crippen LogP contribution is 2.33. The first kappa shape index (κ1) is 13.4. The monoisotopic (exact) mass is 286 g/mol. The maximum Gasteiger partial charge on any atom is 0.365 e. The minimum atomic E-state index is -4.20. The lowest BCUT2D eigenvalue weighted by molar-refractivity contribution is 0.168. The summed E-state index contributed by atoms with van der Waals surface area (Å²) in [6, 6.07) is 0. The van der Waals surface area contributed by atoms with Crippen LogP contribution in [0.5, 0.6) is 0 Å². The zero-order chi connectivity index (χ0) is 13.9. The van der Waals surface area contributed by atoms with Gasteiger partial charge in [0.1, 0.15) is 11.8 Å². The maximum absolute atomic E-state index is 10.5. The van der Waals surface area contributed by atoms with Crippen molar-refractivity contribution < 1.29 is 19.2 Å². The van der Waals surface area contributed by atoms with Crippen molar-refractivity contribution in [3.8, 4) is 0 Å². The van der Waals surface area contributed by atoms with E-state index in [2.05, 4.69) is 24.9 Å². The lowest BCUT2D eigenvalue weighted by Crippen LogP contribution is -2.00. The first-order chi connectivity index (χ1) is 8.97. The molecule has 0 saturated heterocycles. The molecular weight excluding hydrogens is 275 g/mol. The lowest BCUT2D eigenvalue weighted by Gasteiger charge is -2.01. The van der Waals surface area contributed by atoms with E-state index in [1.807, 2.05) is 0 Å². The molecule has 0 unspecified atom stereocenters. The van der Waals surface area contributed by atoms with Crippen molar-refractivity contribution in [3.63, 3.8) is 0 Å². The summed E-state index contributed by atoms with van der Waals surface area (Å²) in [6.45, 7) is 0.272. The van der Waals surface area contributed by atoms with Gasteiger partial charge in [-0.25, -0.2) is 15.0 Å². The average Bonchev–Trinajstić information content (AvgIpc) is 2.72. The van der Waals surface area contributed by atoms with Gasteiger partial charge in [0.05, 0.1) is 19.1 Å². The number of oxime groups is 1. The van der Waals surface area contributed by atoms with Crippen LogP contribution in [0.4, 0.5) is 5.82 Å². The van der Waals surface area contributed by atoms with E-state index < -0.39 is 13.9 Å².